The van der Waals surface area contributed by atoms with Crippen molar-refractivity contribution in [3.05, 3.63) is 59.4 Å². The van der Waals surface area contributed by atoms with Gasteiger partial charge >= 0.3 is 12.0 Å². The molecule has 1 saturated heterocycles. The average Bonchev–Trinajstić information content (AvgIpc) is 3.08. The molecule has 5 rings (SSSR count). The number of fused-ring (bicyclic) bond motifs is 1. The number of carboxylic acid groups (broad SMARTS) is 1. The molecule has 8 nitrogen and oxygen atoms in total. The first-order valence-corrected chi connectivity index (χ1v) is 12.4. The van der Waals surface area contributed by atoms with Crippen molar-refractivity contribution in [2.45, 2.75) is 56.7 Å². The van der Waals surface area contributed by atoms with E-state index in [0.717, 1.165) is 70.4 Å². The fourth-order valence-corrected chi connectivity index (χ4v) is 5.61. The minimum absolute atomic E-state index is 0.0990. The van der Waals surface area contributed by atoms with Gasteiger partial charge in [0.2, 0.25) is 0 Å². The van der Waals surface area contributed by atoms with Crippen molar-refractivity contribution in [1.82, 2.24) is 20.5 Å². The number of carbonyl (C=O) groups is 2. The highest BCUT2D eigenvalue weighted by molar-refractivity contribution is 5.94. The summed E-state index contributed by atoms with van der Waals surface area (Å²) in [5.41, 5.74) is 4.40. The molecule has 1 saturated carbocycles. The third-order valence-electron chi connectivity index (χ3n) is 7.49. The van der Waals surface area contributed by atoms with Crippen molar-refractivity contribution in [2.24, 2.45) is 0 Å². The van der Waals surface area contributed by atoms with Gasteiger partial charge in [0.1, 0.15) is 6.04 Å². The molecule has 0 bridgehead atoms. The molecule has 2 aromatic rings. The van der Waals surface area contributed by atoms with Crippen LogP contribution in [0.4, 0.5) is 10.5 Å². The fourth-order valence-electron chi connectivity index (χ4n) is 5.61. The molecule has 180 valence electrons. The van der Waals surface area contributed by atoms with Gasteiger partial charge in [-0.2, -0.15) is 0 Å². The number of anilines is 1. The highest BCUT2D eigenvalue weighted by Gasteiger charge is 2.37. The van der Waals surface area contributed by atoms with Crippen molar-refractivity contribution >= 4 is 17.7 Å². The first-order chi connectivity index (χ1) is 16.6. The molecule has 3 N–H and O–H groups in total. The lowest BCUT2D eigenvalue weighted by molar-refractivity contribution is -0.140. The van der Waals surface area contributed by atoms with Gasteiger partial charge in [-0.25, -0.2) is 4.79 Å². The summed E-state index contributed by atoms with van der Waals surface area (Å²) >= 11 is 0. The Balaban J connectivity index is 1.19. The number of aliphatic carboxylic acids is 1. The predicted octanol–water partition coefficient (Wildman–Crippen LogP) is 2.74. The van der Waals surface area contributed by atoms with Gasteiger partial charge in [-0.05, 0) is 86.5 Å². The molecular weight excluding hydrogens is 430 g/mol. The maximum absolute atomic E-state index is 13.3. The van der Waals surface area contributed by atoms with Crippen molar-refractivity contribution in [3.63, 3.8) is 0 Å². The van der Waals surface area contributed by atoms with Gasteiger partial charge in [0.25, 0.3) is 0 Å². The molecule has 3 heterocycles. The van der Waals surface area contributed by atoms with Crippen molar-refractivity contribution in [1.29, 1.82) is 0 Å². The minimum atomic E-state index is -0.892. The van der Waals surface area contributed by atoms with E-state index in [1.807, 2.05) is 9.80 Å². The van der Waals surface area contributed by atoms with Gasteiger partial charge in [0, 0.05) is 43.3 Å². The molecule has 8 heteroatoms. The number of amides is 2. The van der Waals surface area contributed by atoms with Crippen LogP contribution >= 0.6 is 0 Å². The maximum Gasteiger partial charge on any atom is 0.325 e. The number of rotatable bonds is 6. The van der Waals surface area contributed by atoms with Crippen LogP contribution in [-0.2, 0) is 17.6 Å². The van der Waals surface area contributed by atoms with E-state index in [0.29, 0.717) is 5.56 Å². The van der Waals surface area contributed by atoms with Crippen LogP contribution < -0.4 is 15.5 Å². The Morgan fingerprint density at radius 3 is 2.62 bits per heavy atom. The van der Waals surface area contributed by atoms with Gasteiger partial charge in [-0.15, -0.1) is 0 Å². The second-order valence-corrected chi connectivity index (χ2v) is 9.56. The van der Waals surface area contributed by atoms with Crippen LogP contribution in [0.2, 0.25) is 0 Å². The van der Waals surface area contributed by atoms with E-state index >= 15 is 0 Å². The fraction of sp³-hybridized carbons (Fsp3) is 0.500. The van der Waals surface area contributed by atoms with Crippen LogP contribution in [0, 0.1) is 0 Å². The summed E-state index contributed by atoms with van der Waals surface area (Å²) in [5.74, 6) is -0.892. The quantitative estimate of drug-likeness (QED) is 0.610. The molecule has 34 heavy (non-hydrogen) atoms. The molecule has 1 aromatic heterocycles. The second kappa shape index (κ2) is 10.1. The maximum atomic E-state index is 13.3. The van der Waals surface area contributed by atoms with E-state index in [1.54, 1.807) is 24.5 Å². The summed E-state index contributed by atoms with van der Waals surface area (Å²) in [5, 5.41) is 16.4. The van der Waals surface area contributed by atoms with Crippen LogP contribution in [0.15, 0.2) is 42.7 Å². The van der Waals surface area contributed by atoms with Gasteiger partial charge in [0.05, 0.1) is 0 Å². The Labute approximate surface area is 200 Å². The number of hydrogen-bond acceptors (Lipinski definition) is 5. The third kappa shape index (κ3) is 4.79. The Bertz CT molecular complexity index is 1020. The number of carbonyl (C=O) groups excluding carboxylic acids is 1. The number of pyridine rings is 1. The van der Waals surface area contributed by atoms with E-state index in [-0.39, 0.29) is 18.1 Å². The highest BCUT2D eigenvalue weighted by atomic mass is 16.4. The molecule has 1 aromatic carbocycles. The molecule has 3 aliphatic rings. The summed E-state index contributed by atoms with van der Waals surface area (Å²) in [4.78, 5) is 33.1. The normalized spacial score (nSPS) is 23.9. The van der Waals surface area contributed by atoms with Gasteiger partial charge in [0.15, 0.2) is 0 Å². The number of benzene rings is 1. The SMILES string of the molecule is O=C(O)C(NC1CCC(N2CCN(c3ccc4c(c3)CCNCC4)C2=O)CC1)c1cccnc1. The zero-order valence-corrected chi connectivity index (χ0v) is 19.4. The Morgan fingerprint density at radius 2 is 1.88 bits per heavy atom. The lowest BCUT2D eigenvalue weighted by atomic mass is 9.89. The minimum Gasteiger partial charge on any atom is -0.480 e. The van der Waals surface area contributed by atoms with Crippen molar-refractivity contribution < 1.29 is 14.7 Å². The second-order valence-electron chi connectivity index (χ2n) is 9.56. The monoisotopic (exact) mass is 463 g/mol. The molecule has 1 aliphatic carbocycles. The van der Waals surface area contributed by atoms with Gasteiger partial charge in [-0.3, -0.25) is 20.0 Å². The number of carboxylic acids is 1. The Hall–Kier alpha value is -2.97. The number of nitrogens with zero attached hydrogens (tertiary/aromatic N) is 3. The standard InChI is InChI=1S/C26H33N5O3/c32-25(33)24(20-2-1-11-28-17-20)29-21-4-7-22(8-5-21)30-14-15-31(26(30)34)23-6-3-18-9-12-27-13-10-19(18)16-23/h1-3,6,11,16-17,21-22,24,27,29H,4-5,7-10,12-15H2,(H,32,33). The lowest BCUT2D eigenvalue weighted by Gasteiger charge is -2.35. The van der Waals surface area contributed by atoms with Crippen LogP contribution in [0.1, 0.15) is 48.4 Å². The zero-order valence-electron chi connectivity index (χ0n) is 19.4. The van der Waals surface area contributed by atoms with Crippen LogP contribution in [0.5, 0.6) is 0 Å². The molecule has 0 spiro atoms. The molecule has 1 unspecified atom stereocenters. The summed E-state index contributed by atoms with van der Waals surface area (Å²) in [6.07, 6.45) is 8.76. The van der Waals surface area contributed by atoms with Crippen LogP contribution in [-0.4, -0.2) is 65.3 Å². The lowest BCUT2D eigenvalue weighted by Crippen LogP contribution is -2.46. The molecule has 2 fully saturated rings. The number of nitrogens with one attached hydrogen (secondary N) is 2. The predicted molar refractivity (Wildman–Crippen MR) is 130 cm³/mol. The molecular formula is C26H33N5O3. The van der Waals surface area contributed by atoms with E-state index < -0.39 is 12.0 Å². The summed E-state index contributed by atoms with van der Waals surface area (Å²) < 4.78 is 0. The highest BCUT2D eigenvalue weighted by Crippen LogP contribution is 2.31. The Kier molecular flexibility index (Phi) is 6.78. The smallest absolute Gasteiger partial charge is 0.325 e. The summed E-state index contributed by atoms with van der Waals surface area (Å²) in [6.45, 7) is 3.46. The first-order valence-electron chi connectivity index (χ1n) is 12.4. The van der Waals surface area contributed by atoms with Crippen LogP contribution in [0.25, 0.3) is 0 Å². The van der Waals surface area contributed by atoms with Crippen molar-refractivity contribution in [3.8, 4) is 0 Å². The largest absolute Gasteiger partial charge is 0.480 e. The summed E-state index contributed by atoms with van der Waals surface area (Å²) in [6, 6.07) is 9.70. The van der Waals surface area contributed by atoms with E-state index in [9.17, 15) is 14.7 Å². The number of aromatic nitrogens is 1. The topological polar surface area (TPSA) is 97.8 Å². The number of hydrogen-bond donors (Lipinski definition) is 3. The Morgan fingerprint density at radius 1 is 1.09 bits per heavy atom. The summed E-state index contributed by atoms with van der Waals surface area (Å²) in [7, 11) is 0. The first kappa shape index (κ1) is 22.8. The van der Waals surface area contributed by atoms with Crippen LogP contribution in [0.3, 0.4) is 0 Å². The molecule has 2 amide bonds. The van der Waals surface area contributed by atoms with E-state index in [1.165, 1.54) is 11.1 Å². The number of urea groups is 1. The van der Waals surface area contributed by atoms with Crippen molar-refractivity contribution in [2.75, 3.05) is 31.1 Å². The average molecular weight is 464 g/mol. The molecule has 1 atom stereocenters. The van der Waals surface area contributed by atoms with Gasteiger partial charge < -0.3 is 15.3 Å². The van der Waals surface area contributed by atoms with Gasteiger partial charge in [-0.1, -0.05) is 12.1 Å². The van der Waals surface area contributed by atoms with E-state index in [2.05, 4.69) is 33.8 Å². The zero-order chi connectivity index (χ0) is 23.5. The van der Waals surface area contributed by atoms with E-state index in [4.69, 9.17) is 0 Å². The molecule has 0 radical (unpaired) electrons. The molecule has 2 aliphatic heterocycles. The third-order valence-corrected chi connectivity index (χ3v) is 7.49.